The van der Waals surface area contributed by atoms with Gasteiger partial charge in [0.1, 0.15) is 6.04 Å². The van der Waals surface area contributed by atoms with Crippen LogP contribution < -0.4 is 5.32 Å². The van der Waals surface area contributed by atoms with E-state index in [1.807, 2.05) is 4.90 Å². The van der Waals surface area contributed by atoms with Crippen molar-refractivity contribution in [1.29, 1.82) is 0 Å². The molecule has 4 rings (SSSR count). The molecule has 0 radical (unpaired) electrons. The lowest BCUT2D eigenvalue weighted by atomic mass is 9.71. The molecule has 2 amide bonds. The molecule has 1 aromatic rings. The van der Waals surface area contributed by atoms with E-state index in [1.165, 1.54) is 11.1 Å². The average Bonchev–Trinajstić information content (AvgIpc) is 3.33. The quantitative estimate of drug-likeness (QED) is 0.918. The summed E-state index contributed by atoms with van der Waals surface area (Å²) >= 11 is 0. The molecular formula is C21H28N2O2. The van der Waals surface area contributed by atoms with Gasteiger partial charge in [-0.1, -0.05) is 38.1 Å². The highest BCUT2D eigenvalue weighted by Gasteiger charge is 2.42. The molecule has 1 heterocycles. The van der Waals surface area contributed by atoms with Gasteiger partial charge in [0, 0.05) is 12.5 Å². The van der Waals surface area contributed by atoms with Crippen molar-refractivity contribution < 1.29 is 9.59 Å². The first-order chi connectivity index (χ1) is 12.0. The highest BCUT2D eigenvalue weighted by molar-refractivity contribution is 5.90. The van der Waals surface area contributed by atoms with E-state index in [-0.39, 0.29) is 35.2 Å². The molecule has 1 saturated carbocycles. The van der Waals surface area contributed by atoms with Gasteiger partial charge in [0.15, 0.2) is 0 Å². The fraction of sp³-hybridized carbons (Fsp3) is 0.619. The molecular weight excluding hydrogens is 312 g/mol. The van der Waals surface area contributed by atoms with Gasteiger partial charge in [-0.3, -0.25) is 9.59 Å². The zero-order chi connectivity index (χ0) is 17.6. The highest BCUT2D eigenvalue weighted by Crippen LogP contribution is 2.41. The summed E-state index contributed by atoms with van der Waals surface area (Å²) in [5.74, 6) is 0.415. The van der Waals surface area contributed by atoms with Crippen molar-refractivity contribution in [1.82, 2.24) is 10.2 Å². The van der Waals surface area contributed by atoms with E-state index in [0.29, 0.717) is 0 Å². The maximum absolute atomic E-state index is 12.9. The first kappa shape index (κ1) is 16.6. The predicted octanol–water partition coefficient (Wildman–Crippen LogP) is 3.32. The van der Waals surface area contributed by atoms with E-state index in [4.69, 9.17) is 0 Å². The van der Waals surface area contributed by atoms with Crippen LogP contribution in [0.4, 0.5) is 0 Å². The van der Waals surface area contributed by atoms with Gasteiger partial charge in [-0.05, 0) is 55.1 Å². The zero-order valence-electron chi connectivity index (χ0n) is 15.3. The molecule has 1 aliphatic heterocycles. The second-order valence-electron chi connectivity index (χ2n) is 8.53. The van der Waals surface area contributed by atoms with Crippen molar-refractivity contribution in [2.24, 2.45) is 5.92 Å². The standard InChI is InChI=1S/C21H28N2O2/c1-21(2)12-11-17(15-6-3-4-7-16(15)21)22-19(24)18-8-5-13-23(18)20(25)14-9-10-14/h3-4,6-7,14,17-18H,5,8-13H2,1-2H3,(H,22,24). The zero-order valence-corrected chi connectivity index (χ0v) is 15.3. The molecule has 1 saturated heterocycles. The summed E-state index contributed by atoms with van der Waals surface area (Å²) in [6.07, 6.45) is 5.74. The number of fused-ring (bicyclic) bond motifs is 1. The first-order valence-corrected chi connectivity index (χ1v) is 9.67. The monoisotopic (exact) mass is 340 g/mol. The Morgan fingerprint density at radius 1 is 1.12 bits per heavy atom. The predicted molar refractivity (Wildman–Crippen MR) is 97.0 cm³/mol. The Morgan fingerprint density at radius 3 is 2.64 bits per heavy atom. The molecule has 3 aliphatic rings. The van der Waals surface area contributed by atoms with Crippen molar-refractivity contribution in [3.8, 4) is 0 Å². The molecule has 0 aromatic heterocycles. The van der Waals surface area contributed by atoms with Crippen molar-refractivity contribution in [3.63, 3.8) is 0 Å². The summed E-state index contributed by atoms with van der Waals surface area (Å²) in [5, 5.41) is 3.27. The Balaban J connectivity index is 1.50. The molecule has 25 heavy (non-hydrogen) atoms. The number of carbonyl (C=O) groups is 2. The fourth-order valence-corrected chi connectivity index (χ4v) is 4.50. The number of carbonyl (C=O) groups excluding carboxylic acids is 2. The van der Waals surface area contributed by atoms with Gasteiger partial charge in [-0.15, -0.1) is 0 Å². The van der Waals surface area contributed by atoms with Gasteiger partial charge < -0.3 is 10.2 Å². The second-order valence-corrected chi connectivity index (χ2v) is 8.53. The number of hydrogen-bond acceptors (Lipinski definition) is 2. The number of rotatable bonds is 3. The third-order valence-corrected chi connectivity index (χ3v) is 6.20. The van der Waals surface area contributed by atoms with Gasteiger partial charge in [0.2, 0.25) is 11.8 Å². The molecule has 2 aliphatic carbocycles. The maximum Gasteiger partial charge on any atom is 0.243 e. The van der Waals surface area contributed by atoms with E-state index >= 15 is 0 Å². The molecule has 4 heteroatoms. The average molecular weight is 340 g/mol. The molecule has 134 valence electrons. The van der Waals surface area contributed by atoms with Crippen LogP contribution in [0.25, 0.3) is 0 Å². The summed E-state index contributed by atoms with van der Waals surface area (Å²) in [4.78, 5) is 27.2. The highest BCUT2D eigenvalue weighted by atomic mass is 16.2. The van der Waals surface area contributed by atoms with Crippen LogP contribution >= 0.6 is 0 Å². The molecule has 0 spiro atoms. The number of nitrogens with zero attached hydrogens (tertiary/aromatic N) is 1. The Kier molecular flexibility index (Phi) is 4.09. The second kappa shape index (κ2) is 6.15. The minimum atomic E-state index is -0.268. The largest absolute Gasteiger partial charge is 0.347 e. The van der Waals surface area contributed by atoms with Crippen LogP contribution in [0.15, 0.2) is 24.3 Å². The molecule has 0 bridgehead atoms. The summed E-state index contributed by atoms with van der Waals surface area (Å²) in [5.41, 5.74) is 2.73. The lowest BCUT2D eigenvalue weighted by Gasteiger charge is -2.38. The maximum atomic E-state index is 12.9. The Bertz CT molecular complexity index is 693. The van der Waals surface area contributed by atoms with Gasteiger partial charge in [-0.25, -0.2) is 0 Å². The number of likely N-dealkylation sites (tertiary alicyclic amines) is 1. The molecule has 2 fully saturated rings. The number of hydrogen-bond donors (Lipinski definition) is 1. The lowest BCUT2D eigenvalue weighted by Crippen LogP contribution is -2.48. The van der Waals surface area contributed by atoms with Crippen LogP contribution in [-0.2, 0) is 15.0 Å². The van der Waals surface area contributed by atoms with Crippen LogP contribution in [0.2, 0.25) is 0 Å². The number of nitrogens with one attached hydrogen (secondary N) is 1. The van der Waals surface area contributed by atoms with Gasteiger partial charge in [-0.2, -0.15) is 0 Å². The smallest absolute Gasteiger partial charge is 0.243 e. The molecule has 2 unspecified atom stereocenters. The SMILES string of the molecule is CC1(C)CCC(NC(=O)C2CCCN2C(=O)C2CC2)c2ccccc21. The molecule has 2 atom stereocenters. The number of amides is 2. The van der Waals surface area contributed by atoms with E-state index in [0.717, 1.165) is 45.1 Å². The molecule has 4 nitrogen and oxygen atoms in total. The van der Waals surface area contributed by atoms with Gasteiger partial charge in [0.25, 0.3) is 0 Å². The Labute approximate surface area is 150 Å². The summed E-state index contributed by atoms with van der Waals surface area (Å²) < 4.78 is 0. The van der Waals surface area contributed by atoms with Gasteiger partial charge in [0.05, 0.1) is 6.04 Å². The summed E-state index contributed by atoms with van der Waals surface area (Å²) in [6.45, 7) is 5.29. The van der Waals surface area contributed by atoms with E-state index in [2.05, 4.69) is 43.4 Å². The topological polar surface area (TPSA) is 49.4 Å². The molecule has 1 N–H and O–H groups in total. The van der Waals surface area contributed by atoms with Crippen LogP contribution in [0, 0.1) is 5.92 Å². The van der Waals surface area contributed by atoms with Crippen LogP contribution in [0.5, 0.6) is 0 Å². The summed E-state index contributed by atoms with van der Waals surface area (Å²) in [6, 6.07) is 8.26. The molecule has 1 aromatic carbocycles. The third kappa shape index (κ3) is 3.07. The third-order valence-electron chi connectivity index (χ3n) is 6.20. The van der Waals surface area contributed by atoms with Crippen LogP contribution in [-0.4, -0.2) is 29.3 Å². The van der Waals surface area contributed by atoms with Crippen molar-refractivity contribution in [2.45, 2.75) is 69.9 Å². The van der Waals surface area contributed by atoms with E-state index < -0.39 is 0 Å². The van der Waals surface area contributed by atoms with Crippen molar-refractivity contribution in [2.75, 3.05) is 6.54 Å². The Morgan fingerprint density at radius 2 is 1.88 bits per heavy atom. The number of benzene rings is 1. The van der Waals surface area contributed by atoms with E-state index in [1.54, 1.807) is 0 Å². The fourth-order valence-electron chi connectivity index (χ4n) is 4.50. The van der Waals surface area contributed by atoms with E-state index in [9.17, 15) is 9.59 Å². The summed E-state index contributed by atoms with van der Waals surface area (Å²) in [7, 11) is 0. The van der Waals surface area contributed by atoms with Crippen molar-refractivity contribution >= 4 is 11.8 Å². The van der Waals surface area contributed by atoms with Crippen LogP contribution in [0.1, 0.15) is 69.5 Å². The lowest BCUT2D eigenvalue weighted by molar-refractivity contribution is -0.139. The minimum Gasteiger partial charge on any atom is -0.347 e. The normalized spacial score (nSPS) is 27.7. The van der Waals surface area contributed by atoms with Gasteiger partial charge >= 0.3 is 0 Å². The Hall–Kier alpha value is -1.84. The van der Waals surface area contributed by atoms with Crippen molar-refractivity contribution in [3.05, 3.63) is 35.4 Å². The first-order valence-electron chi connectivity index (χ1n) is 9.67. The minimum absolute atomic E-state index is 0.0333. The van der Waals surface area contributed by atoms with Crippen LogP contribution in [0.3, 0.4) is 0 Å².